The molecule has 0 unspecified atom stereocenters. The third-order valence-electron chi connectivity index (χ3n) is 3.38. The average Bonchev–Trinajstić information content (AvgIpc) is 3.05. The minimum Gasteiger partial charge on any atom is -0.338 e. The van der Waals surface area contributed by atoms with E-state index in [2.05, 4.69) is 40.0 Å². The van der Waals surface area contributed by atoms with Crippen LogP contribution in [0.2, 0.25) is 0 Å². The van der Waals surface area contributed by atoms with Crippen LogP contribution in [0.15, 0.2) is 35.0 Å². The maximum absolute atomic E-state index is 5.80. The van der Waals surface area contributed by atoms with Crippen LogP contribution in [-0.2, 0) is 19.5 Å². The van der Waals surface area contributed by atoms with Gasteiger partial charge in [0.1, 0.15) is 6.54 Å². The fourth-order valence-electron chi connectivity index (χ4n) is 2.44. The second-order valence-corrected chi connectivity index (χ2v) is 4.86. The monoisotopic (exact) mass is 270 g/mol. The van der Waals surface area contributed by atoms with Crippen molar-refractivity contribution in [1.29, 1.82) is 0 Å². The molecule has 2 N–H and O–H groups in total. The molecule has 104 valence electrons. The van der Waals surface area contributed by atoms with Crippen LogP contribution in [-0.4, -0.2) is 14.7 Å². The number of hydrogen-bond acceptors (Lipinski definition) is 4. The first kappa shape index (κ1) is 12.9. The Morgan fingerprint density at radius 2 is 2.15 bits per heavy atom. The van der Waals surface area contributed by atoms with Gasteiger partial charge in [-0.1, -0.05) is 30.3 Å². The van der Waals surface area contributed by atoms with E-state index < -0.39 is 0 Å². The van der Waals surface area contributed by atoms with Gasteiger partial charge in [-0.2, -0.15) is 4.98 Å². The van der Waals surface area contributed by atoms with Crippen molar-refractivity contribution in [2.75, 3.05) is 0 Å². The van der Waals surface area contributed by atoms with E-state index in [1.807, 2.05) is 12.1 Å². The second kappa shape index (κ2) is 5.46. The standard InChI is InChI=1S/C15H18N4O/c1-2-5-14-17-15(20-18-14)10-19-9-11(8-16)12-6-3-4-7-13(12)19/h3-4,6-7,9H,2,5,8,10,16H2,1H3. The molecule has 0 radical (unpaired) electrons. The molecule has 0 aliphatic rings. The lowest BCUT2D eigenvalue weighted by Gasteiger charge is -2.00. The maximum Gasteiger partial charge on any atom is 0.246 e. The molecular formula is C15H18N4O. The van der Waals surface area contributed by atoms with E-state index in [1.54, 1.807) is 0 Å². The van der Waals surface area contributed by atoms with Crippen LogP contribution in [0, 0.1) is 0 Å². The zero-order valence-corrected chi connectivity index (χ0v) is 11.5. The highest BCUT2D eigenvalue weighted by Crippen LogP contribution is 2.21. The lowest BCUT2D eigenvalue weighted by atomic mass is 10.2. The number of para-hydroxylation sites is 1. The zero-order chi connectivity index (χ0) is 13.9. The molecule has 2 heterocycles. The first-order valence-electron chi connectivity index (χ1n) is 6.90. The molecular weight excluding hydrogens is 252 g/mol. The molecule has 3 rings (SSSR count). The fraction of sp³-hybridized carbons (Fsp3) is 0.333. The first-order valence-corrected chi connectivity index (χ1v) is 6.90. The third-order valence-corrected chi connectivity index (χ3v) is 3.38. The summed E-state index contributed by atoms with van der Waals surface area (Å²) < 4.78 is 7.41. The fourth-order valence-corrected chi connectivity index (χ4v) is 2.44. The molecule has 0 fully saturated rings. The number of nitrogens with zero attached hydrogens (tertiary/aromatic N) is 3. The summed E-state index contributed by atoms with van der Waals surface area (Å²) in [5, 5.41) is 5.17. The van der Waals surface area contributed by atoms with E-state index in [-0.39, 0.29) is 0 Å². The average molecular weight is 270 g/mol. The van der Waals surface area contributed by atoms with E-state index in [9.17, 15) is 0 Å². The molecule has 1 aromatic carbocycles. The highest BCUT2D eigenvalue weighted by Gasteiger charge is 2.11. The van der Waals surface area contributed by atoms with Gasteiger partial charge in [-0.3, -0.25) is 0 Å². The molecule has 0 amide bonds. The largest absolute Gasteiger partial charge is 0.338 e. The van der Waals surface area contributed by atoms with Gasteiger partial charge in [-0.05, 0) is 18.1 Å². The van der Waals surface area contributed by atoms with E-state index >= 15 is 0 Å². The molecule has 5 heteroatoms. The summed E-state index contributed by atoms with van der Waals surface area (Å²) in [6, 6.07) is 8.22. The van der Waals surface area contributed by atoms with E-state index in [1.165, 1.54) is 5.39 Å². The summed E-state index contributed by atoms with van der Waals surface area (Å²) in [6.07, 6.45) is 3.93. The molecule has 0 bridgehead atoms. The maximum atomic E-state index is 5.80. The SMILES string of the molecule is CCCc1noc(Cn2cc(CN)c3ccccc32)n1. The predicted octanol–water partition coefficient (Wildman–Crippen LogP) is 2.48. The summed E-state index contributed by atoms with van der Waals surface area (Å²) in [5.41, 5.74) is 8.08. The lowest BCUT2D eigenvalue weighted by molar-refractivity contribution is 0.367. The summed E-state index contributed by atoms with van der Waals surface area (Å²) in [6.45, 7) is 3.21. The topological polar surface area (TPSA) is 69.9 Å². The van der Waals surface area contributed by atoms with Gasteiger partial charge in [-0.25, -0.2) is 0 Å². The highest BCUT2D eigenvalue weighted by molar-refractivity contribution is 5.83. The van der Waals surface area contributed by atoms with E-state index in [0.29, 0.717) is 19.0 Å². The van der Waals surface area contributed by atoms with Gasteiger partial charge in [0.15, 0.2) is 5.82 Å². The molecule has 3 aromatic rings. The molecule has 0 saturated carbocycles. The summed E-state index contributed by atoms with van der Waals surface area (Å²) in [4.78, 5) is 4.41. The van der Waals surface area contributed by atoms with Crippen molar-refractivity contribution in [3.8, 4) is 0 Å². The Balaban J connectivity index is 1.93. The summed E-state index contributed by atoms with van der Waals surface area (Å²) >= 11 is 0. The normalized spacial score (nSPS) is 11.3. The van der Waals surface area contributed by atoms with Crippen molar-refractivity contribution < 1.29 is 4.52 Å². The Labute approximate surface area is 117 Å². The Morgan fingerprint density at radius 1 is 1.30 bits per heavy atom. The zero-order valence-electron chi connectivity index (χ0n) is 11.5. The molecule has 0 atom stereocenters. The van der Waals surface area contributed by atoms with E-state index in [0.717, 1.165) is 29.7 Å². The minimum absolute atomic E-state index is 0.526. The summed E-state index contributed by atoms with van der Waals surface area (Å²) in [7, 11) is 0. The van der Waals surface area contributed by atoms with E-state index in [4.69, 9.17) is 10.3 Å². The Bertz CT molecular complexity index is 714. The van der Waals surface area contributed by atoms with Crippen molar-refractivity contribution in [3.63, 3.8) is 0 Å². The number of nitrogens with two attached hydrogens (primary N) is 1. The number of aryl methyl sites for hydroxylation is 1. The number of rotatable bonds is 5. The van der Waals surface area contributed by atoms with Crippen molar-refractivity contribution in [2.45, 2.75) is 32.9 Å². The first-order chi connectivity index (χ1) is 9.81. The van der Waals surface area contributed by atoms with Crippen LogP contribution in [0.25, 0.3) is 10.9 Å². The van der Waals surface area contributed by atoms with Gasteiger partial charge >= 0.3 is 0 Å². The van der Waals surface area contributed by atoms with Crippen LogP contribution in [0.3, 0.4) is 0 Å². The number of hydrogen-bond donors (Lipinski definition) is 1. The molecule has 0 saturated heterocycles. The van der Waals surface area contributed by atoms with Crippen molar-refractivity contribution >= 4 is 10.9 Å². The van der Waals surface area contributed by atoms with Crippen molar-refractivity contribution in [1.82, 2.24) is 14.7 Å². The number of fused-ring (bicyclic) bond motifs is 1. The molecule has 0 aliphatic heterocycles. The van der Waals surface area contributed by atoms with Gasteiger partial charge in [0.05, 0.1) is 0 Å². The number of aromatic nitrogens is 3. The quantitative estimate of drug-likeness (QED) is 0.773. The van der Waals surface area contributed by atoms with Crippen molar-refractivity contribution in [3.05, 3.63) is 47.7 Å². The van der Waals surface area contributed by atoms with Crippen LogP contribution >= 0.6 is 0 Å². The lowest BCUT2D eigenvalue weighted by Crippen LogP contribution is -1.99. The Kier molecular flexibility index (Phi) is 3.52. The highest BCUT2D eigenvalue weighted by atomic mass is 16.5. The second-order valence-electron chi connectivity index (χ2n) is 4.86. The van der Waals surface area contributed by atoms with Crippen LogP contribution in [0.1, 0.15) is 30.6 Å². The van der Waals surface area contributed by atoms with Crippen molar-refractivity contribution in [2.24, 2.45) is 5.73 Å². The minimum atomic E-state index is 0.526. The smallest absolute Gasteiger partial charge is 0.246 e. The van der Waals surface area contributed by atoms with Gasteiger partial charge in [0.2, 0.25) is 5.89 Å². The van der Waals surface area contributed by atoms with Gasteiger partial charge in [0, 0.05) is 30.1 Å². The molecule has 2 aromatic heterocycles. The summed E-state index contributed by atoms with van der Waals surface area (Å²) in [5.74, 6) is 1.41. The molecule has 20 heavy (non-hydrogen) atoms. The van der Waals surface area contributed by atoms with Gasteiger partial charge < -0.3 is 14.8 Å². The molecule has 0 aliphatic carbocycles. The van der Waals surface area contributed by atoms with Gasteiger partial charge in [0.25, 0.3) is 0 Å². The predicted molar refractivity (Wildman–Crippen MR) is 77.2 cm³/mol. The van der Waals surface area contributed by atoms with Gasteiger partial charge in [-0.15, -0.1) is 0 Å². The molecule has 5 nitrogen and oxygen atoms in total. The van der Waals surface area contributed by atoms with Crippen LogP contribution in [0.4, 0.5) is 0 Å². The number of benzene rings is 1. The van der Waals surface area contributed by atoms with Crippen LogP contribution in [0.5, 0.6) is 0 Å². The Hall–Kier alpha value is -2.14. The molecule has 0 spiro atoms. The Morgan fingerprint density at radius 3 is 2.95 bits per heavy atom. The van der Waals surface area contributed by atoms with Crippen LogP contribution < -0.4 is 5.73 Å². The third kappa shape index (κ3) is 2.32.